The van der Waals surface area contributed by atoms with Gasteiger partial charge in [-0.05, 0) is 36.9 Å². The third-order valence-electron chi connectivity index (χ3n) is 2.77. The summed E-state index contributed by atoms with van der Waals surface area (Å²) in [7, 11) is 1.82. The Morgan fingerprint density at radius 1 is 1.39 bits per heavy atom. The van der Waals surface area contributed by atoms with E-state index in [1.54, 1.807) is 4.90 Å². The number of rotatable bonds is 7. The van der Waals surface area contributed by atoms with Crippen molar-refractivity contribution in [3.8, 4) is 0 Å². The van der Waals surface area contributed by atoms with Crippen molar-refractivity contribution in [2.45, 2.75) is 46.0 Å². The van der Waals surface area contributed by atoms with Gasteiger partial charge >= 0.3 is 6.03 Å². The van der Waals surface area contributed by atoms with Gasteiger partial charge in [0.05, 0.1) is 5.69 Å². The van der Waals surface area contributed by atoms with Gasteiger partial charge in [0.2, 0.25) is 0 Å². The maximum Gasteiger partial charge on any atom is 0.322 e. The van der Waals surface area contributed by atoms with Crippen molar-refractivity contribution in [3.05, 3.63) is 11.8 Å². The summed E-state index contributed by atoms with van der Waals surface area (Å²) in [6, 6.07) is 1.93. The molecule has 2 amide bonds. The molecule has 4 nitrogen and oxygen atoms in total. The lowest BCUT2D eigenvalue weighted by Crippen LogP contribution is -2.31. The summed E-state index contributed by atoms with van der Waals surface area (Å²) in [5, 5.41) is 3.73. The van der Waals surface area contributed by atoms with Gasteiger partial charge in [-0.3, -0.25) is 5.32 Å². The van der Waals surface area contributed by atoms with E-state index in [1.807, 2.05) is 13.1 Å². The number of hydrogen-bond donors (Lipinski definition) is 1. The molecule has 1 aromatic rings. The Hall–Kier alpha value is -1.10. The normalized spacial score (nSPS) is 10.4. The largest absolute Gasteiger partial charge is 0.328 e. The van der Waals surface area contributed by atoms with E-state index in [1.165, 1.54) is 18.0 Å². The average molecular weight is 269 g/mol. The van der Waals surface area contributed by atoms with Gasteiger partial charge < -0.3 is 4.90 Å². The Morgan fingerprint density at radius 3 is 2.78 bits per heavy atom. The molecule has 0 fully saturated rings. The van der Waals surface area contributed by atoms with Crippen molar-refractivity contribution in [2.24, 2.45) is 0 Å². The minimum absolute atomic E-state index is 0.0471. The predicted molar refractivity (Wildman–Crippen MR) is 77.3 cm³/mol. The molecule has 0 aliphatic rings. The molecule has 0 aromatic carbocycles. The number of aromatic nitrogens is 1. The number of nitrogens with zero attached hydrogens (tertiary/aromatic N) is 2. The molecule has 1 rings (SSSR count). The van der Waals surface area contributed by atoms with Crippen LogP contribution in [-0.2, 0) is 6.42 Å². The summed E-state index contributed by atoms with van der Waals surface area (Å²) in [4.78, 5) is 13.6. The average Bonchev–Trinajstić information content (AvgIpc) is 2.80. The molecule has 0 aliphatic carbocycles. The minimum atomic E-state index is -0.0471. The van der Waals surface area contributed by atoms with Gasteiger partial charge in [-0.1, -0.05) is 26.7 Å². The van der Waals surface area contributed by atoms with E-state index in [9.17, 15) is 4.79 Å². The van der Waals surface area contributed by atoms with Crippen molar-refractivity contribution in [1.29, 1.82) is 0 Å². The standard InChI is InChI=1S/C13H23N3OS/c1-4-6-8-11-10-12(18-15-11)14-13(17)16(3)9-7-5-2/h10H,4-9H2,1-3H3,(H,14,17). The van der Waals surface area contributed by atoms with Crippen LogP contribution in [0.1, 0.15) is 45.2 Å². The van der Waals surface area contributed by atoms with Gasteiger partial charge in [-0.15, -0.1) is 0 Å². The van der Waals surface area contributed by atoms with Crippen LogP contribution in [-0.4, -0.2) is 28.9 Å². The highest BCUT2D eigenvalue weighted by molar-refractivity contribution is 7.10. The fourth-order valence-corrected chi connectivity index (χ4v) is 2.23. The first-order chi connectivity index (χ1) is 8.67. The van der Waals surface area contributed by atoms with Crippen LogP contribution in [0.3, 0.4) is 0 Å². The zero-order valence-electron chi connectivity index (χ0n) is 11.5. The number of carbonyl (C=O) groups is 1. The molecule has 0 saturated carbocycles. The van der Waals surface area contributed by atoms with Crippen LogP contribution >= 0.6 is 11.5 Å². The smallest absolute Gasteiger partial charge is 0.322 e. The first-order valence-electron chi connectivity index (χ1n) is 6.65. The first kappa shape index (κ1) is 15.0. The van der Waals surface area contributed by atoms with Crippen LogP contribution in [0, 0.1) is 0 Å². The zero-order chi connectivity index (χ0) is 13.4. The van der Waals surface area contributed by atoms with E-state index in [0.717, 1.165) is 42.9 Å². The molecule has 0 radical (unpaired) electrons. The summed E-state index contributed by atoms with van der Waals surface area (Å²) in [5.41, 5.74) is 1.08. The van der Waals surface area contributed by atoms with Crippen LogP contribution in [0.5, 0.6) is 0 Å². The maximum absolute atomic E-state index is 11.8. The third-order valence-corrected chi connectivity index (χ3v) is 3.51. The van der Waals surface area contributed by atoms with Crippen LogP contribution in [0.2, 0.25) is 0 Å². The molecule has 0 atom stereocenters. The molecule has 0 bridgehead atoms. The van der Waals surface area contributed by atoms with E-state index in [2.05, 4.69) is 23.5 Å². The van der Waals surface area contributed by atoms with E-state index in [0.29, 0.717) is 0 Å². The summed E-state index contributed by atoms with van der Waals surface area (Å²) in [6.07, 6.45) is 5.44. The minimum Gasteiger partial charge on any atom is -0.328 e. The molecule has 1 aromatic heterocycles. The summed E-state index contributed by atoms with van der Waals surface area (Å²) in [6.45, 7) is 5.08. The van der Waals surface area contributed by atoms with E-state index in [4.69, 9.17) is 0 Å². The Labute approximate surface area is 114 Å². The Kier molecular flexibility index (Phi) is 6.72. The molecule has 1 N–H and O–H groups in total. The second kappa shape index (κ2) is 8.08. The lowest BCUT2D eigenvalue weighted by Gasteiger charge is -2.16. The van der Waals surface area contributed by atoms with Gasteiger partial charge in [0.1, 0.15) is 5.00 Å². The summed E-state index contributed by atoms with van der Waals surface area (Å²) < 4.78 is 4.34. The number of nitrogens with one attached hydrogen (secondary N) is 1. The van der Waals surface area contributed by atoms with E-state index >= 15 is 0 Å². The fourth-order valence-electron chi connectivity index (χ4n) is 1.54. The predicted octanol–water partition coefficient (Wildman–Crippen LogP) is 3.75. The second-order valence-corrected chi connectivity index (χ2v) is 5.30. The molecule has 18 heavy (non-hydrogen) atoms. The molecule has 1 heterocycles. The van der Waals surface area contributed by atoms with Crippen LogP contribution in [0.25, 0.3) is 0 Å². The molecule has 0 unspecified atom stereocenters. The lowest BCUT2D eigenvalue weighted by molar-refractivity contribution is 0.222. The first-order valence-corrected chi connectivity index (χ1v) is 7.42. The fraction of sp³-hybridized carbons (Fsp3) is 0.692. The molecular weight excluding hydrogens is 246 g/mol. The molecule has 0 saturated heterocycles. The van der Waals surface area contributed by atoms with Gasteiger partial charge in [0.25, 0.3) is 0 Å². The zero-order valence-corrected chi connectivity index (χ0v) is 12.3. The highest BCUT2D eigenvalue weighted by atomic mass is 32.1. The quantitative estimate of drug-likeness (QED) is 0.819. The topological polar surface area (TPSA) is 45.2 Å². The Balaban J connectivity index is 2.41. The summed E-state index contributed by atoms with van der Waals surface area (Å²) in [5.74, 6) is 0. The molecule has 5 heteroatoms. The Bertz CT molecular complexity index is 365. The molecule has 102 valence electrons. The second-order valence-electron chi connectivity index (χ2n) is 4.49. The van der Waals surface area contributed by atoms with Crippen molar-refractivity contribution >= 4 is 22.6 Å². The van der Waals surface area contributed by atoms with Gasteiger partial charge in [-0.2, -0.15) is 4.37 Å². The van der Waals surface area contributed by atoms with Crippen molar-refractivity contribution in [3.63, 3.8) is 0 Å². The van der Waals surface area contributed by atoms with Crippen LogP contribution < -0.4 is 5.32 Å². The van der Waals surface area contributed by atoms with Crippen molar-refractivity contribution in [1.82, 2.24) is 9.27 Å². The third kappa shape index (κ3) is 5.04. The monoisotopic (exact) mass is 269 g/mol. The molecule has 0 aliphatic heterocycles. The van der Waals surface area contributed by atoms with Crippen LogP contribution in [0.4, 0.5) is 9.80 Å². The van der Waals surface area contributed by atoms with Gasteiger partial charge in [0.15, 0.2) is 0 Å². The number of aryl methyl sites for hydroxylation is 1. The van der Waals surface area contributed by atoms with E-state index in [-0.39, 0.29) is 6.03 Å². The number of urea groups is 1. The van der Waals surface area contributed by atoms with Crippen molar-refractivity contribution < 1.29 is 4.79 Å². The maximum atomic E-state index is 11.8. The van der Waals surface area contributed by atoms with E-state index < -0.39 is 0 Å². The number of anilines is 1. The van der Waals surface area contributed by atoms with Gasteiger partial charge in [-0.25, -0.2) is 4.79 Å². The van der Waals surface area contributed by atoms with Crippen molar-refractivity contribution in [2.75, 3.05) is 18.9 Å². The number of amides is 2. The number of hydrogen-bond acceptors (Lipinski definition) is 3. The highest BCUT2D eigenvalue weighted by Crippen LogP contribution is 2.18. The van der Waals surface area contributed by atoms with Gasteiger partial charge in [0, 0.05) is 13.6 Å². The highest BCUT2D eigenvalue weighted by Gasteiger charge is 2.10. The number of carbonyl (C=O) groups excluding carboxylic acids is 1. The molecule has 0 spiro atoms. The lowest BCUT2D eigenvalue weighted by atomic mass is 10.2. The SMILES string of the molecule is CCCCc1cc(NC(=O)N(C)CCCC)sn1. The molecular formula is C13H23N3OS. The Morgan fingerprint density at radius 2 is 2.11 bits per heavy atom. The summed E-state index contributed by atoms with van der Waals surface area (Å²) >= 11 is 1.36. The number of unbranched alkanes of at least 4 members (excludes halogenated alkanes) is 2. The van der Waals surface area contributed by atoms with Crippen LogP contribution in [0.15, 0.2) is 6.07 Å².